The summed E-state index contributed by atoms with van der Waals surface area (Å²) in [7, 11) is 0. The van der Waals surface area contributed by atoms with E-state index in [1.807, 2.05) is 0 Å². The van der Waals surface area contributed by atoms with Crippen molar-refractivity contribution in [2.75, 3.05) is 13.1 Å². The quantitative estimate of drug-likeness (QED) is 0.119. The van der Waals surface area contributed by atoms with Crippen molar-refractivity contribution in [3.63, 3.8) is 0 Å². The highest BCUT2D eigenvalue weighted by molar-refractivity contribution is 5.99. The summed E-state index contributed by atoms with van der Waals surface area (Å²) >= 11 is 0. The lowest BCUT2D eigenvalue weighted by Crippen LogP contribution is -2.20. The number of aliphatic imine (C=N–C) groups is 1. The average Bonchev–Trinajstić information content (AvgIpc) is 2.34. The molecule has 0 saturated carbocycles. The summed E-state index contributed by atoms with van der Waals surface area (Å²) in [4.78, 5) is 10.6. The largest absolute Gasteiger partial charge is 0.277 e. The van der Waals surface area contributed by atoms with Crippen LogP contribution in [0.25, 0.3) is 10.4 Å². The summed E-state index contributed by atoms with van der Waals surface area (Å²) in [5, 5.41) is 14.4. The molecule has 1 aromatic rings. The van der Waals surface area contributed by atoms with Crippen LogP contribution >= 0.6 is 0 Å². The summed E-state index contributed by atoms with van der Waals surface area (Å²) in [5.74, 6) is 0.420. The first-order valence-corrected chi connectivity index (χ1v) is 4.49. The molecular weight excluding hydrogens is 206 g/mol. The summed E-state index contributed by atoms with van der Waals surface area (Å²) in [6.07, 6.45) is 5.02. The first-order valence-electron chi connectivity index (χ1n) is 4.49. The Kier molecular flexibility index (Phi) is 4.89. The van der Waals surface area contributed by atoms with E-state index in [9.17, 15) is 0 Å². The number of azide groups is 1. The molecule has 0 amide bonds. The van der Waals surface area contributed by atoms with Gasteiger partial charge in [-0.25, -0.2) is 0 Å². The predicted octanol–water partition coefficient (Wildman–Crippen LogP) is 1.21. The Labute approximate surface area is 92.1 Å². The Morgan fingerprint density at radius 1 is 1.62 bits per heavy atom. The number of nitriles is 1. The van der Waals surface area contributed by atoms with Crippen LogP contribution in [0.15, 0.2) is 34.6 Å². The maximum absolute atomic E-state index is 8.56. The fourth-order valence-corrected chi connectivity index (χ4v) is 1.01. The monoisotopic (exact) mass is 215 g/mol. The standard InChI is InChI=1S/C9H9N7/c10-7-14-9(13-4-5-15-16-11)8-2-1-3-12-6-8/h1-3,6H,4-5H2,(H,13,14). The zero-order chi connectivity index (χ0) is 11.6. The maximum Gasteiger partial charge on any atom is 0.182 e. The van der Waals surface area contributed by atoms with Crippen LogP contribution in [0.1, 0.15) is 5.56 Å². The SMILES string of the molecule is N#CNC(=NCCN=[N+]=[N-])c1cccnc1. The van der Waals surface area contributed by atoms with E-state index in [0.717, 1.165) is 0 Å². The fraction of sp³-hybridized carbons (Fsp3) is 0.222. The van der Waals surface area contributed by atoms with Gasteiger partial charge in [-0.05, 0) is 17.7 Å². The molecule has 0 saturated heterocycles. The average molecular weight is 215 g/mol. The van der Waals surface area contributed by atoms with Gasteiger partial charge in [0.25, 0.3) is 0 Å². The first-order chi connectivity index (χ1) is 7.88. The van der Waals surface area contributed by atoms with E-state index in [2.05, 4.69) is 25.3 Å². The normalized spacial score (nSPS) is 10.1. The molecule has 1 rings (SSSR count). The second kappa shape index (κ2) is 6.81. The lowest BCUT2D eigenvalue weighted by molar-refractivity contribution is 0.954. The minimum atomic E-state index is 0.257. The van der Waals surface area contributed by atoms with Crippen molar-refractivity contribution in [2.45, 2.75) is 0 Å². The van der Waals surface area contributed by atoms with E-state index < -0.39 is 0 Å². The van der Waals surface area contributed by atoms with Crippen molar-refractivity contribution in [2.24, 2.45) is 10.1 Å². The van der Waals surface area contributed by atoms with Crippen LogP contribution in [-0.2, 0) is 0 Å². The van der Waals surface area contributed by atoms with Crippen molar-refractivity contribution in [3.8, 4) is 6.19 Å². The van der Waals surface area contributed by atoms with Gasteiger partial charge in [-0.3, -0.25) is 15.3 Å². The molecule has 0 spiro atoms. The molecule has 0 atom stereocenters. The summed E-state index contributed by atoms with van der Waals surface area (Å²) in [5.41, 5.74) is 8.80. The lowest BCUT2D eigenvalue weighted by Gasteiger charge is -2.02. The van der Waals surface area contributed by atoms with Crippen molar-refractivity contribution >= 4 is 5.84 Å². The number of hydrogen-bond donors (Lipinski definition) is 1. The van der Waals surface area contributed by atoms with Crippen LogP contribution in [0.2, 0.25) is 0 Å². The lowest BCUT2D eigenvalue weighted by atomic mass is 10.2. The smallest absolute Gasteiger partial charge is 0.182 e. The van der Waals surface area contributed by atoms with Gasteiger partial charge in [-0.2, -0.15) is 5.26 Å². The number of pyridine rings is 1. The minimum Gasteiger partial charge on any atom is -0.277 e. The van der Waals surface area contributed by atoms with Gasteiger partial charge in [-0.15, -0.1) is 0 Å². The topological polar surface area (TPSA) is 110 Å². The summed E-state index contributed by atoms with van der Waals surface area (Å²) in [6.45, 7) is 0.580. The number of nitrogens with one attached hydrogen (secondary N) is 1. The van der Waals surface area contributed by atoms with Gasteiger partial charge in [-0.1, -0.05) is 5.11 Å². The van der Waals surface area contributed by atoms with Gasteiger partial charge < -0.3 is 0 Å². The van der Waals surface area contributed by atoms with Crippen LogP contribution < -0.4 is 5.32 Å². The molecule has 7 heteroatoms. The van der Waals surface area contributed by atoms with Crippen LogP contribution in [0.4, 0.5) is 0 Å². The van der Waals surface area contributed by atoms with Gasteiger partial charge in [0.05, 0.1) is 0 Å². The first kappa shape index (κ1) is 11.5. The van der Waals surface area contributed by atoms with Gasteiger partial charge in [0, 0.05) is 36.0 Å². The molecule has 7 nitrogen and oxygen atoms in total. The zero-order valence-electron chi connectivity index (χ0n) is 8.41. The predicted molar refractivity (Wildman–Crippen MR) is 58.4 cm³/mol. The van der Waals surface area contributed by atoms with Crippen molar-refractivity contribution in [3.05, 3.63) is 40.5 Å². The van der Waals surface area contributed by atoms with Crippen LogP contribution in [0, 0.1) is 11.5 Å². The van der Waals surface area contributed by atoms with E-state index in [1.165, 1.54) is 0 Å². The van der Waals surface area contributed by atoms with E-state index in [-0.39, 0.29) is 6.54 Å². The molecule has 0 aromatic carbocycles. The fourth-order valence-electron chi connectivity index (χ4n) is 1.01. The summed E-state index contributed by atoms with van der Waals surface area (Å²) in [6, 6.07) is 3.53. The van der Waals surface area contributed by atoms with Gasteiger partial charge in [0.1, 0.15) is 5.84 Å². The summed E-state index contributed by atoms with van der Waals surface area (Å²) < 4.78 is 0. The third-order valence-corrected chi connectivity index (χ3v) is 1.64. The highest BCUT2D eigenvalue weighted by Crippen LogP contribution is 1.96. The maximum atomic E-state index is 8.56. The van der Waals surface area contributed by atoms with Crippen LogP contribution in [-0.4, -0.2) is 23.9 Å². The second-order valence-corrected chi connectivity index (χ2v) is 2.66. The Bertz CT molecular complexity index is 439. The highest BCUT2D eigenvalue weighted by Gasteiger charge is 2.00. The second-order valence-electron chi connectivity index (χ2n) is 2.66. The van der Waals surface area contributed by atoms with Crippen LogP contribution in [0.5, 0.6) is 0 Å². The molecule has 0 bridgehead atoms. The molecule has 1 N–H and O–H groups in total. The van der Waals surface area contributed by atoms with Gasteiger partial charge in [0.15, 0.2) is 6.19 Å². The molecule has 0 radical (unpaired) electrons. The molecule has 0 aliphatic carbocycles. The van der Waals surface area contributed by atoms with E-state index in [4.69, 9.17) is 10.8 Å². The molecule has 0 aliphatic heterocycles. The third-order valence-electron chi connectivity index (χ3n) is 1.64. The van der Waals surface area contributed by atoms with Gasteiger partial charge >= 0.3 is 0 Å². The molecule has 80 valence electrons. The molecule has 0 aliphatic rings. The number of aromatic nitrogens is 1. The Hall–Kier alpha value is -2.58. The zero-order valence-corrected chi connectivity index (χ0v) is 8.41. The van der Waals surface area contributed by atoms with Crippen molar-refractivity contribution < 1.29 is 0 Å². The van der Waals surface area contributed by atoms with Crippen molar-refractivity contribution in [1.29, 1.82) is 5.26 Å². The third kappa shape index (κ3) is 3.65. The Morgan fingerprint density at radius 3 is 3.12 bits per heavy atom. The van der Waals surface area contributed by atoms with E-state index >= 15 is 0 Å². The molecule has 1 aromatic heterocycles. The number of rotatable bonds is 4. The van der Waals surface area contributed by atoms with Crippen LogP contribution in [0.3, 0.4) is 0 Å². The number of amidine groups is 1. The highest BCUT2D eigenvalue weighted by atomic mass is 15.1. The molecular formula is C9H9N7. The Morgan fingerprint density at radius 2 is 2.50 bits per heavy atom. The van der Waals surface area contributed by atoms with Gasteiger partial charge in [0.2, 0.25) is 0 Å². The van der Waals surface area contributed by atoms with E-state index in [1.54, 1.807) is 30.7 Å². The molecule has 16 heavy (non-hydrogen) atoms. The number of nitrogens with zero attached hydrogens (tertiary/aromatic N) is 6. The van der Waals surface area contributed by atoms with E-state index in [0.29, 0.717) is 17.9 Å². The Balaban J connectivity index is 2.75. The van der Waals surface area contributed by atoms with Crippen molar-refractivity contribution in [1.82, 2.24) is 10.3 Å². The molecule has 1 heterocycles. The minimum absolute atomic E-state index is 0.257. The number of hydrogen-bond acceptors (Lipinski definition) is 4. The molecule has 0 unspecified atom stereocenters. The molecule has 0 fully saturated rings.